The van der Waals surface area contributed by atoms with Gasteiger partial charge in [0.1, 0.15) is 0 Å². The van der Waals surface area contributed by atoms with Crippen molar-refractivity contribution in [3.63, 3.8) is 0 Å². The molecule has 0 aliphatic carbocycles. The van der Waals surface area contributed by atoms with Crippen LogP contribution in [0.1, 0.15) is 51.4 Å². The van der Waals surface area contributed by atoms with Crippen LogP contribution in [0, 0.1) is 12.3 Å². The smallest absolute Gasteiger partial charge is 0.384 e. The van der Waals surface area contributed by atoms with E-state index in [2.05, 4.69) is 4.74 Å². The van der Waals surface area contributed by atoms with Crippen molar-refractivity contribution < 1.29 is 19.1 Å². The summed E-state index contributed by atoms with van der Waals surface area (Å²) in [5, 5.41) is 0. The number of terminal acetylenes is 1. The van der Waals surface area contributed by atoms with E-state index < -0.39 is 5.97 Å². The van der Waals surface area contributed by atoms with Gasteiger partial charge in [0.05, 0.1) is 13.7 Å². The van der Waals surface area contributed by atoms with Crippen molar-refractivity contribution >= 4 is 11.9 Å². The van der Waals surface area contributed by atoms with E-state index in [9.17, 15) is 9.59 Å². The molecule has 0 aromatic heterocycles. The lowest BCUT2D eigenvalue weighted by Gasteiger charge is -2.02. The van der Waals surface area contributed by atoms with Gasteiger partial charge in [-0.15, -0.1) is 6.42 Å². The summed E-state index contributed by atoms with van der Waals surface area (Å²) in [6.45, 7) is 0.408. The fraction of sp³-hybridized carbons (Fsp3) is 0.714. The van der Waals surface area contributed by atoms with Gasteiger partial charge in [-0.1, -0.05) is 32.1 Å². The Morgan fingerprint density at radius 3 is 2.11 bits per heavy atom. The Balaban J connectivity index is 3.10. The van der Waals surface area contributed by atoms with Gasteiger partial charge in [-0.25, -0.2) is 4.79 Å². The van der Waals surface area contributed by atoms with Crippen LogP contribution < -0.4 is 0 Å². The maximum Gasteiger partial charge on any atom is 0.384 e. The van der Waals surface area contributed by atoms with Crippen LogP contribution >= 0.6 is 0 Å². The summed E-state index contributed by atoms with van der Waals surface area (Å²) in [6, 6.07) is 0. The van der Waals surface area contributed by atoms with Gasteiger partial charge in [0.2, 0.25) is 0 Å². The Morgan fingerprint density at radius 2 is 1.56 bits per heavy atom. The zero-order chi connectivity index (χ0) is 13.6. The molecule has 0 saturated carbocycles. The summed E-state index contributed by atoms with van der Waals surface area (Å²) >= 11 is 0. The molecule has 0 aromatic carbocycles. The first kappa shape index (κ1) is 16.5. The second-order valence-electron chi connectivity index (χ2n) is 4.08. The average molecular weight is 254 g/mol. The first-order chi connectivity index (χ1) is 8.70. The number of carbonyl (C=O) groups excluding carboxylic acids is 2. The van der Waals surface area contributed by atoms with Crippen molar-refractivity contribution in [3.8, 4) is 12.3 Å². The molecule has 0 fully saturated rings. The number of ether oxygens (including phenoxy) is 2. The third-order valence-electron chi connectivity index (χ3n) is 2.60. The third kappa shape index (κ3) is 11.0. The molecular weight excluding hydrogens is 232 g/mol. The van der Waals surface area contributed by atoms with E-state index in [-0.39, 0.29) is 5.97 Å². The van der Waals surface area contributed by atoms with E-state index in [0.29, 0.717) is 13.0 Å². The van der Waals surface area contributed by atoms with Gasteiger partial charge in [-0.3, -0.25) is 4.79 Å². The van der Waals surface area contributed by atoms with E-state index in [1.807, 2.05) is 5.92 Å². The van der Waals surface area contributed by atoms with Crippen molar-refractivity contribution in [2.24, 2.45) is 0 Å². The molecule has 0 amide bonds. The minimum atomic E-state index is -0.585. The Hall–Kier alpha value is -1.50. The third-order valence-corrected chi connectivity index (χ3v) is 2.60. The number of esters is 2. The fourth-order valence-electron chi connectivity index (χ4n) is 1.56. The molecule has 0 rings (SSSR count). The van der Waals surface area contributed by atoms with Crippen molar-refractivity contribution in [1.82, 2.24) is 0 Å². The first-order valence-electron chi connectivity index (χ1n) is 6.41. The summed E-state index contributed by atoms with van der Waals surface area (Å²) in [5.74, 6) is 1.19. The number of hydrogen-bond donors (Lipinski definition) is 0. The molecule has 0 aliphatic heterocycles. The molecule has 4 nitrogen and oxygen atoms in total. The molecular formula is C14H22O4. The van der Waals surface area contributed by atoms with Crippen LogP contribution in [0.5, 0.6) is 0 Å². The lowest BCUT2D eigenvalue weighted by Crippen LogP contribution is -2.02. The van der Waals surface area contributed by atoms with Crippen LogP contribution in [0.3, 0.4) is 0 Å². The minimum absolute atomic E-state index is 0.134. The van der Waals surface area contributed by atoms with Gasteiger partial charge in [0.15, 0.2) is 0 Å². The fourth-order valence-corrected chi connectivity index (χ4v) is 1.56. The Morgan fingerprint density at radius 1 is 1.00 bits per heavy atom. The lowest BCUT2D eigenvalue weighted by atomic mass is 10.1. The Labute approximate surface area is 109 Å². The largest absolute Gasteiger partial charge is 0.469 e. The highest BCUT2D eigenvalue weighted by atomic mass is 16.5. The molecule has 0 bridgehead atoms. The lowest BCUT2D eigenvalue weighted by molar-refractivity contribution is -0.140. The minimum Gasteiger partial charge on any atom is -0.469 e. The Bertz CT molecular complexity index is 278. The van der Waals surface area contributed by atoms with Crippen molar-refractivity contribution in [1.29, 1.82) is 0 Å². The number of rotatable bonds is 10. The summed E-state index contributed by atoms with van der Waals surface area (Å²) in [5.41, 5.74) is 0. The topological polar surface area (TPSA) is 52.6 Å². The normalized spacial score (nSPS) is 9.56. The number of unbranched alkanes of at least 4 members (excludes halogenated alkanes) is 6. The van der Waals surface area contributed by atoms with E-state index >= 15 is 0 Å². The Kier molecular flexibility index (Phi) is 11.0. The monoisotopic (exact) mass is 254 g/mol. The van der Waals surface area contributed by atoms with Crippen molar-refractivity contribution in [3.05, 3.63) is 0 Å². The maximum absolute atomic E-state index is 10.8. The predicted octanol–water partition coefficient (Wildman–Crippen LogP) is 2.46. The van der Waals surface area contributed by atoms with Crippen LogP contribution in [0.2, 0.25) is 0 Å². The molecule has 0 radical (unpaired) electrons. The number of carbonyl (C=O) groups is 2. The zero-order valence-electron chi connectivity index (χ0n) is 11.1. The highest BCUT2D eigenvalue weighted by Crippen LogP contribution is 2.09. The summed E-state index contributed by atoms with van der Waals surface area (Å²) in [6.07, 6.45) is 12.6. The van der Waals surface area contributed by atoms with E-state index in [1.54, 1.807) is 0 Å². The van der Waals surface area contributed by atoms with Gasteiger partial charge in [-0.05, 0) is 12.8 Å². The zero-order valence-corrected chi connectivity index (χ0v) is 11.1. The molecule has 0 aliphatic rings. The van der Waals surface area contributed by atoms with Gasteiger partial charge < -0.3 is 9.47 Å². The van der Waals surface area contributed by atoms with E-state index in [1.165, 1.54) is 7.11 Å². The van der Waals surface area contributed by atoms with Crippen LogP contribution in [-0.4, -0.2) is 25.7 Å². The SMILES string of the molecule is C#CC(=O)OCCCCCCCCCC(=O)OC. The molecule has 0 heterocycles. The van der Waals surface area contributed by atoms with Crippen molar-refractivity contribution in [2.45, 2.75) is 51.4 Å². The number of hydrogen-bond acceptors (Lipinski definition) is 4. The second kappa shape index (κ2) is 12.0. The van der Waals surface area contributed by atoms with Gasteiger partial charge in [-0.2, -0.15) is 0 Å². The van der Waals surface area contributed by atoms with Crippen LogP contribution in [0.25, 0.3) is 0 Å². The summed E-state index contributed by atoms with van der Waals surface area (Å²) < 4.78 is 9.30. The number of methoxy groups -OCH3 is 1. The van der Waals surface area contributed by atoms with E-state index in [4.69, 9.17) is 11.2 Å². The molecule has 0 unspecified atom stereocenters. The van der Waals surface area contributed by atoms with Crippen LogP contribution in [0.4, 0.5) is 0 Å². The van der Waals surface area contributed by atoms with Crippen LogP contribution in [0.15, 0.2) is 0 Å². The first-order valence-corrected chi connectivity index (χ1v) is 6.41. The average Bonchev–Trinajstić information content (AvgIpc) is 2.40. The summed E-state index contributed by atoms with van der Waals surface area (Å²) in [4.78, 5) is 21.4. The molecule has 0 spiro atoms. The molecule has 102 valence electrons. The second-order valence-corrected chi connectivity index (χ2v) is 4.08. The quantitative estimate of drug-likeness (QED) is 0.260. The maximum atomic E-state index is 10.8. The molecule has 4 heteroatoms. The van der Waals surface area contributed by atoms with Crippen LogP contribution in [-0.2, 0) is 19.1 Å². The highest BCUT2D eigenvalue weighted by molar-refractivity contribution is 5.87. The van der Waals surface area contributed by atoms with Gasteiger partial charge >= 0.3 is 11.9 Å². The standard InChI is InChI=1S/C14H22O4/c1-3-13(15)18-12-10-8-6-4-5-7-9-11-14(16)17-2/h1H,4-12H2,2H3. The van der Waals surface area contributed by atoms with Crippen molar-refractivity contribution in [2.75, 3.05) is 13.7 Å². The highest BCUT2D eigenvalue weighted by Gasteiger charge is 1.99. The van der Waals surface area contributed by atoms with Gasteiger partial charge in [0.25, 0.3) is 0 Å². The molecule has 0 saturated heterocycles. The van der Waals surface area contributed by atoms with Gasteiger partial charge in [0, 0.05) is 12.3 Å². The molecule has 0 N–H and O–H groups in total. The summed E-state index contributed by atoms with van der Waals surface area (Å²) in [7, 11) is 1.41. The van der Waals surface area contributed by atoms with E-state index in [0.717, 1.165) is 44.9 Å². The molecule has 0 atom stereocenters. The molecule has 18 heavy (non-hydrogen) atoms. The predicted molar refractivity (Wildman–Crippen MR) is 68.7 cm³/mol. The molecule has 0 aromatic rings.